The van der Waals surface area contributed by atoms with E-state index in [1.165, 1.54) is 0 Å². The zero-order chi connectivity index (χ0) is 14.1. The van der Waals surface area contributed by atoms with Crippen LogP contribution >= 0.6 is 23.4 Å². The smallest absolute Gasteiger partial charge is 0.182 e. The number of thioether (sulfide) groups is 1. The van der Waals surface area contributed by atoms with Gasteiger partial charge in [0.05, 0.1) is 5.38 Å². The first-order chi connectivity index (χ1) is 8.19. The lowest BCUT2D eigenvalue weighted by molar-refractivity contribution is 0.0991. The summed E-state index contributed by atoms with van der Waals surface area (Å²) in [4.78, 5) is 12.0. The summed E-state index contributed by atoms with van der Waals surface area (Å²) in [6.45, 7) is 11.1. The van der Waals surface area contributed by atoms with Crippen LogP contribution < -0.4 is 0 Å². The molecule has 0 fully saturated rings. The molecule has 0 radical (unpaired) electrons. The number of halogens is 1. The third kappa shape index (κ3) is 3.33. The van der Waals surface area contributed by atoms with E-state index in [0.717, 1.165) is 23.5 Å². The molecule has 0 bridgehead atoms. The molecular formula is C14H22ClNOS. The van der Waals surface area contributed by atoms with E-state index in [1.54, 1.807) is 6.92 Å². The number of alkyl halides is 1. The Morgan fingerprint density at radius 1 is 1.50 bits per heavy atom. The largest absolute Gasteiger partial charge is 0.347 e. The Bertz CT molecular complexity index is 449. The summed E-state index contributed by atoms with van der Waals surface area (Å²) in [6.07, 6.45) is 2.11. The predicted octanol–water partition coefficient (Wildman–Crippen LogP) is 4.06. The number of aryl methyl sites for hydroxylation is 1. The van der Waals surface area contributed by atoms with Crippen LogP contribution in [0.25, 0.3) is 0 Å². The Morgan fingerprint density at radius 2 is 2.06 bits per heavy atom. The maximum absolute atomic E-state index is 12.0. The summed E-state index contributed by atoms with van der Waals surface area (Å²) in [6, 6.07) is 1.95. The lowest BCUT2D eigenvalue weighted by Crippen LogP contribution is -2.24. The van der Waals surface area contributed by atoms with Gasteiger partial charge in [-0.25, -0.2) is 0 Å². The Hall–Kier alpha value is -0.410. The van der Waals surface area contributed by atoms with E-state index in [4.69, 9.17) is 11.6 Å². The highest BCUT2D eigenvalue weighted by molar-refractivity contribution is 7.99. The molecule has 4 heteroatoms. The number of hydrogen-bond acceptors (Lipinski definition) is 2. The van der Waals surface area contributed by atoms with E-state index < -0.39 is 5.38 Å². The zero-order valence-corrected chi connectivity index (χ0v) is 13.6. The van der Waals surface area contributed by atoms with Gasteiger partial charge in [0, 0.05) is 28.2 Å². The van der Waals surface area contributed by atoms with Gasteiger partial charge in [-0.1, -0.05) is 0 Å². The predicted molar refractivity (Wildman–Crippen MR) is 81.1 cm³/mol. The van der Waals surface area contributed by atoms with Gasteiger partial charge in [0.15, 0.2) is 5.78 Å². The van der Waals surface area contributed by atoms with Crippen LogP contribution in [0, 0.1) is 13.8 Å². The first-order valence-electron chi connectivity index (χ1n) is 6.10. The third-order valence-corrected chi connectivity index (χ3v) is 4.72. The summed E-state index contributed by atoms with van der Waals surface area (Å²) in [5, 5.41) is -0.465. The highest BCUT2D eigenvalue weighted by atomic mass is 35.5. The highest BCUT2D eigenvalue weighted by Crippen LogP contribution is 2.27. The fraction of sp³-hybridized carbons (Fsp3) is 0.643. The van der Waals surface area contributed by atoms with Crippen molar-refractivity contribution in [1.82, 2.24) is 4.57 Å². The van der Waals surface area contributed by atoms with Gasteiger partial charge in [0.25, 0.3) is 0 Å². The zero-order valence-electron chi connectivity index (χ0n) is 12.0. The molecule has 0 N–H and O–H groups in total. The number of rotatable bonds is 5. The standard InChI is InChI=1S/C14H22ClNOS/c1-9-7-12(13(17)10(2)15)11(3)16(9)8-14(4,5)18-6/h7,10H,8H2,1-6H3. The van der Waals surface area contributed by atoms with Crippen molar-refractivity contribution >= 4 is 29.1 Å². The molecule has 2 nitrogen and oxygen atoms in total. The molecule has 0 amide bonds. The molecule has 0 aliphatic carbocycles. The molecule has 0 spiro atoms. The quantitative estimate of drug-likeness (QED) is 0.602. The van der Waals surface area contributed by atoms with Gasteiger partial charge in [0.2, 0.25) is 0 Å². The molecule has 1 unspecified atom stereocenters. The average molecular weight is 288 g/mol. The lowest BCUT2D eigenvalue weighted by Gasteiger charge is -2.24. The number of ketones is 1. The van der Waals surface area contributed by atoms with Crippen LogP contribution in [-0.2, 0) is 6.54 Å². The molecule has 18 heavy (non-hydrogen) atoms. The normalized spacial score (nSPS) is 13.7. The second-order valence-electron chi connectivity index (χ2n) is 5.32. The average Bonchev–Trinajstić information content (AvgIpc) is 2.55. The SMILES string of the molecule is CSC(C)(C)Cn1c(C)cc(C(=O)C(C)Cl)c1C. The van der Waals surface area contributed by atoms with E-state index in [-0.39, 0.29) is 10.5 Å². The number of nitrogens with zero attached hydrogens (tertiary/aromatic N) is 1. The summed E-state index contributed by atoms with van der Waals surface area (Å²) in [7, 11) is 0. The van der Waals surface area contributed by atoms with Gasteiger partial charge in [-0.05, 0) is 46.9 Å². The van der Waals surface area contributed by atoms with Crippen LogP contribution in [-0.4, -0.2) is 26.7 Å². The monoisotopic (exact) mass is 287 g/mol. The van der Waals surface area contributed by atoms with Gasteiger partial charge in [-0.3, -0.25) is 4.79 Å². The van der Waals surface area contributed by atoms with Crippen LogP contribution in [0.4, 0.5) is 0 Å². The van der Waals surface area contributed by atoms with E-state index in [9.17, 15) is 4.79 Å². The van der Waals surface area contributed by atoms with Gasteiger partial charge in [-0.15, -0.1) is 11.6 Å². The number of hydrogen-bond donors (Lipinski definition) is 0. The molecule has 1 aromatic heterocycles. The van der Waals surface area contributed by atoms with Crippen LogP contribution in [0.5, 0.6) is 0 Å². The van der Waals surface area contributed by atoms with Crippen molar-refractivity contribution in [1.29, 1.82) is 0 Å². The van der Waals surface area contributed by atoms with Crippen LogP contribution in [0.3, 0.4) is 0 Å². The van der Waals surface area contributed by atoms with Crippen molar-refractivity contribution < 1.29 is 4.79 Å². The fourth-order valence-corrected chi connectivity index (χ4v) is 2.33. The van der Waals surface area contributed by atoms with E-state index >= 15 is 0 Å². The summed E-state index contributed by atoms with van der Waals surface area (Å²) < 4.78 is 2.37. The lowest BCUT2D eigenvalue weighted by atomic mass is 10.1. The molecule has 1 atom stereocenters. The third-order valence-electron chi connectivity index (χ3n) is 3.29. The van der Waals surface area contributed by atoms with E-state index in [0.29, 0.717) is 0 Å². The minimum Gasteiger partial charge on any atom is -0.347 e. The Balaban J connectivity index is 3.13. The topological polar surface area (TPSA) is 22.0 Å². The van der Waals surface area contributed by atoms with Crippen LogP contribution in [0.15, 0.2) is 6.07 Å². The van der Waals surface area contributed by atoms with E-state index in [1.807, 2.05) is 31.7 Å². The maximum atomic E-state index is 12.0. The van der Waals surface area contributed by atoms with Crippen LogP contribution in [0.1, 0.15) is 42.5 Å². The van der Waals surface area contributed by atoms with Crippen molar-refractivity contribution in [3.63, 3.8) is 0 Å². The molecule has 102 valence electrons. The number of aromatic nitrogens is 1. The van der Waals surface area contributed by atoms with Crippen molar-refractivity contribution in [2.24, 2.45) is 0 Å². The van der Waals surface area contributed by atoms with Gasteiger partial charge in [-0.2, -0.15) is 11.8 Å². The molecule has 1 rings (SSSR count). The number of Topliss-reactive ketones (excluding diaryl/α,β-unsaturated/α-hetero) is 1. The molecule has 0 aliphatic heterocycles. The van der Waals surface area contributed by atoms with E-state index in [2.05, 4.69) is 24.7 Å². The minimum atomic E-state index is -0.465. The van der Waals surface area contributed by atoms with Gasteiger partial charge >= 0.3 is 0 Å². The number of carbonyl (C=O) groups excluding carboxylic acids is 1. The second-order valence-corrected chi connectivity index (χ2v) is 7.48. The molecule has 0 aromatic carbocycles. The Labute approximate surface area is 119 Å². The maximum Gasteiger partial charge on any atom is 0.182 e. The molecule has 0 aliphatic rings. The summed E-state index contributed by atoms with van der Waals surface area (Å²) in [5.74, 6) is 0.0120. The van der Waals surface area contributed by atoms with Crippen molar-refractivity contribution in [3.8, 4) is 0 Å². The number of carbonyl (C=O) groups is 1. The summed E-state index contributed by atoms with van der Waals surface area (Å²) >= 11 is 7.73. The first kappa shape index (κ1) is 15.6. The Morgan fingerprint density at radius 3 is 2.50 bits per heavy atom. The first-order valence-corrected chi connectivity index (χ1v) is 7.76. The molecule has 0 saturated heterocycles. The van der Waals surface area contributed by atoms with Crippen molar-refractivity contribution in [2.75, 3.05) is 6.26 Å². The minimum absolute atomic E-state index is 0.0120. The van der Waals surface area contributed by atoms with Crippen molar-refractivity contribution in [3.05, 3.63) is 23.0 Å². The second kappa shape index (κ2) is 5.70. The van der Waals surface area contributed by atoms with Crippen LogP contribution in [0.2, 0.25) is 0 Å². The van der Waals surface area contributed by atoms with Crippen molar-refractivity contribution in [2.45, 2.75) is 51.3 Å². The fourth-order valence-electron chi connectivity index (χ4n) is 1.95. The van der Waals surface area contributed by atoms with Gasteiger partial charge in [0.1, 0.15) is 0 Å². The molecule has 1 heterocycles. The Kier molecular flexibility index (Phi) is 4.96. The highest BCUT2D eigenvalue weighted by Gasteiger charge is 2.23. The van der Waals surface area contributed by atoms with Gasteiger partial charge < -0.3 is 4.57 Å². The molecular weight excluding hydrogens is 266 g/mol. The summed E-state index contributed by atoms with van der Waals surface area (Å²) in [5.41, 5.74) is 2.90. The molecule has 0 saturated carbocycles. The molecule has 1 aromatic rings.